The zero-order chi connectivity index (χ0) is 28.6. The van der Waals surface area contributed by atoms with E-state index in [1.807, 2.05) is 35.2 Å². The highest BCUT2D eigenvalue weighted by Gasteiger charge is 2.39. The number of nitrogen functional groups attached to an aromatic ring is 1. The van der Waals surface area contributed by atoms with Gasteiger partial charge in [0.1, 0.15) is 11.8 Å². The summed E-state index contributed by atoms with van der Waals surface area (Å²) in [5, 5.41) is 3.81. The Hall–Kier alpha value is -4.51. The van der Waals surface area contributed by atoms with Gasteiger partial charge in [0.25, 0.3) is 0 Å². The van der Waals surface area contributed by atoms with Crippen LogP contribution in [-0.4, -0.2) is 48.6 Å². The van der Waals surface area contributed by atoms with E-state index in [0.717, 1.165) is 42.4 Å². The molecule has 210 valence electrons. The Bertz CT molecular complexity index is 1690. The molecule has 0 bridgehead atoms. The molecule has 5 heterocycles. The van der Waals surface area contributed by atoms with Gasteiger partial charge in [-0.2, -0.15) is 0 Å². The fourth-order valence-electron chi connectivity index (χ4n) is 5.77. The Morgan fingerprint density at radius 1 is 1.02 bits per heavy atom. The number of hydrogen-bond acceptors (Lipinski definition) is 8. The largest absolute Gasteiger partial charge is 0.382 e. The second-order valence-electron chi connectivity index (χ2n) is 10.8. The van der Waals surface area contributed by atoms with Gasteiger partial charge in [-0.25, -0.2) is 23.7 Å². The molecule has 3 N–H and O–H groups in total. The molecule has 0 unspecified atom stereocenters. The van der Waals surface area contributed by atoms with E-state index in [2.05, 4.69) is 45.1 Å². The Balaban J connectivity index is 1.44. The van der Waals surface area contributed by atoms with Gasteiger partial charge < -0.3 is 20.5 Å². The Labute approximate surface area is 236 Å². The Morgan fingerprint density at radius 3 is 2.68 bits per heavy atom. The molecule has 0 spiro atoms. The monoisotopic (exact) mass is 555 g/mol. The van der Waals surface area contributed by atoms with Crippen LogP contribution in [0.15, 0.2) is 67.5 Å². The maximum absolute atomic E-state index is 14.1. The number of nitrogens with one attached hydrogen (secondary N) is 1. The number of benzene rings is 1. The molecule has 0 saturated carbocycles. The summed E-state index contributed by atoms with van der Waals surface area (Å²) in [6.45, 7) is 6.20. The van der Waals surface area contributed by atoms with E-state index in [1.165, 1.54) is 18.5 Å². The molecule has 5 aromatic rings. The summed E-state index contributed by atoms with van der Waals surface area (Å²) < 4.78 is 29.7. The molecular formula is C30H31F2N9. The summed E-state index contributed by atoms with van der Waals surface area (Å²) in [4.78, 5) is 24.7. The van der Waals surface area contributed by atoms with Crippen molar-refractivity contribution in [2.75, 3.05) is 23.7 Å². The smallest absolute Gasteiger partial charge is 0.165 e. The third kappa shape index (κ3) is 5.20. The van der Waals surface area contributed by atoms with Gasteiger partial charge in [-0.1, -0.05) is 6.07 Å². The van der Waals surface area contributed by atoms with Gasteiger partial charge in [0, 0.05) is 30.9 Å². The molecule has 1 aromatic carbocycles. The maximum atomic E-state index is 14.1. The van der Waals surface area contributed by atoms with Crippen LogP contribution in [0.5, 0.6) is 0 Å². The van der Waals surface area contributed by atoms with E-state index in [-0.39, 0.29) is 11.6 Å². The van der Waals surface area contributed by atoms with Gasteiger partial charge in [0.05, 0.1) is 41.7 Å². The number of anilines is 2. The molecule has 0 radical (unpaired) electrons. The number of imidazole rings is 1. The number of piperidine rings is 1. The minimum atomic E-state index is -0.918. The number of aromatic nitrogens is 6. The van der Waals surface area contributed by atoms with E-state index < -0.39 is 11.6 Å². The van der Waals surface area contributed by atoms with Gasteiger partial charge in [-0.05, 0) is 68.7 Å². The number of rotatable bonds is 7. The summed E-state index contributed by atoms with van der Waals surface area (Å²) in [6, 6.07) is 12.0. The summed E-state index contributed by atoms with van der Waals surface area (Å²) >= 11 is 0. The third-order valence-corrected chi connectivity index (χ3v) is 7.50. The highest BCUT2D eigenvalue weighted by atomic mass is 19.2. The third-order valence-electron chi connectivity index (χ3n) is 7.50. The molecular weight excluding hydrogens is 524 g/mol. The topological polar surface area (TPSA) is 111 Å². The zero-order valence-corrected chi connectivity index (χ0v) is 22.9. The van der Waals surface area contributed by atoms with Crippen molar-refractivity contribution >= 4 is 22.7 Å². The van der Waals surface area contributed by atoms with E-state index in [1.54, 1.807) is 6.33 Å². The molecule has 9 nitrogen and oxygen atoms in total. The lowest BCUT2D eigenvalue weighted by Crippen LogP contribution is -2.57. The Kier molecular flexibility index (Phi) is 7.04. The lowest BCUT2D eigenvalue weighted by molar-refractivity contribution is 0.248. The van der Waals surface area contributed by atoms with Crippen LogP contribution >= 0.6 is 0 Å². The molecule has 1 saturated heterocycles. The maximum Gasteiger partial charge on any atom is 0.165 e. The second kappa shape index (κ2) is 10.8. The average molecular weight is 556 g/mol. The first-order valence-corrected chi connectivity index (χ1v) is 13.6. The number of hydrogen-bond donors (Lipinski definition) is 2. The normalized spacial score (nSPS) is 17.4. The van der Waals surface area contributed by atoms with Crippen molar-refractivity contribution in [2.24, 2.45) is 0 Å². The van der Waals surface area contributed by atoms with Crippen molar-refractivity contribution < 1.29 is 8.78 Å². The zero-order valence-electron chi connectivity index (χ0n) is 22.9. The Morgan fingerprint density at radius 2 is 1.90 bits per heavy atom. The predicted molar refractivity (Wildman–Crippen MR) is 154 cm³/mol. The van der Waals surface area contributed by atoms with Crippen molar-refractivity contribution in [1.82, 2.24) is 34.8 Å². The minimum absolute atomic E-state index is 0.243. The van der Waals surface area contributed by atoms with Gasteiger partial charge in [-0.3, -0.25) is 9.97 Å². The van der Waals surface area contributed by atoms with E-state index in [0.29, 0.717) is 41.3 Å². The first-order chi connectivity index (χ1) is 19.8. The summed E-state index contributed by atoms with van der Waals surface area (Å²) in [5.41, 5.74) is 10.7. The van der Waals surface area contributed by atoms with Gasteiger partial charge in [0.15, 0.2) is 23.1 Å². The van der Waals surface area contributed by atoms with Crippen LogP contribution in [0.25, 0.3) is 22.4 Å². The molecule has 0 aliphatic carbocycles. The minimum Gasteiger partial charge on any atom is -0.382 e. The lowest BCUT2D eigenvalue weighted by atomic mass is 9.84. The molecule has 1 aliphatic heterocycles. The SMILES string of the molecule is CC(C)N[C@]1(c2ccccn2)CCCN(c2cnc(-c3ccc(F)c(F)c3)cc2Cn2cnc3c(N)ncnc32)C1. The fourth-order valence-corrected chi connectivity index (χ4v) is 5.77. The predicted octanol–water partition coefficient (Wildman–Crippen LogP) is 4.69. The summed E-state index contributed by atoms with van der Waals surface area (Å²) in [5.74, 6) is -1.51. The fraction of sp³-hybridized carbons (Fsp3) is 0.300. The van der Waals surface area contributed by atoms with Crippen LogP contribution in [0, 0.1) is 11.6 Å². The standard InChI is InChI=1S/C30H31F2N9/c1-19(2)39-30(26-6-3-4-10-34-26)9-5-11-40(16-30)25-14-35-24(20-7-8-22(31)23(32)12-20)13-21(25)15-41-18-38-27-28(33)36-17-37-29(27)41/h3-4,6-8,10,12-14,17-19,39H,5,9,11,15-16H2,1-2H3,(H2,33,36,37)/t30-/m1/s1. The molecule has 41 heavy (non-hydrogen) atoms. The quantitative estimate of drug-likeness (QED) is 0.298. The van der Waals surface area contributed by atoms with E-state index >= 15 is 0 Å². The first-order valence-electron chi connectivity index (χ1n) is 13.6. The molecule has 0 amide bonds. The van der Waals surface area contributed by atoms with Crippen LogP contribution in [0.2, 0.25) is 0 Å². The molecule has 6 rings (SSSR count). The molecule has 11 heteroatoms. The van der Waals surface area contributed by atoms with Gasteiger partial charge in [-0.15, -0.1) is 0 Å². The number of nitrogens with zero attached hydrogens (tertiary/aromatic N) is 7. The highest BCUT2D eigenvalue weighted by molar-refractivity contribution is 5.81. The van der Waals surface area contributed by atoms with Crippen LogP contribution < -0.4 is 16.0 Å². The van der Waals surface area contributed by atoms with Crippen molar-refractivity contribution in [1.29, 1.82) is 0 Å². The highest BCUT2D eigenvalue weighted by Crippen LogP contribution is 2.36. The van der Waals surface area contributed by atoms with Gasteiger partial charge in [0.2, 0.25) is 0 Å². The van der Waals surface area contributed by atoms with Crippen LogP contribution in [0.1, 0.15) is 37.9 Å². The van der Waals surface area contributed by atoms with Crippen LogP contribution in [0.3, 0.4) is 0 Å². The average Bonchev–Trinajstić information content (AvgIpc) is 3.38. The van der Waals surface area contributed by atoms with Crippen molar-refractivity contribution in [3.63, 3.8) is 0 Å². The molecule has 1 atom stereocenters. The van der Waals surface area contributed by atoms with Crippen molar-refractivity contribution in [3.05, 3.63) is 90.4 Å². The molecule has 1 aliphatic rings. The number of nitrogens with two attached hydrogens (primary N) is 1. The van der Waals surface area contributed by atoms with Crippen molar-refractivity contribution in [2.45, 2.75) is 44.8 Å². The van der Waals surface area contributed by atoms with E-state index in [9.17, 15) is 8.78 Å². The first kappa shape index (κ1) is 26.7. The number of pyridine rings is 2. The van der Waals surface area contributed by atoms with Crippen LogP contribution in [0.4, 0.5) is 20.3 Å². The number of halogens is 2. The lowest BCUT2D eigenvalue weighted by Gasteiger charge is -2.45. The molecule has 4 aromatic heterocycles. The molecule has 1 fully saturated rings. The van der Waals surface area contributed by atoms with E-state index in [4.69, 9.17) is 15.7 Å². The van der Waals surface area contributed by atoms with Crippen molar-refractivity contribution in [3.8, 4) is 11.3 Å². The number of fused-ring (bicyclic) bond motifs is 1. The summed E-state index contributed by atoms with van der Waals surface area (Å²) in [6.07, 6.45) is 8.64. The van der Waals surface area contributed by atoms with Crippen LogP contribution in [-0.2, 0) is 12.1 Å². The van der Waals surface area contributed by atoms with Gasteiger partial charge >= 0.3 is 0 Å². The second-order valence-corrected chi connectivity index (χ2v) is 10.8. The summed E-state index contributed by atoms with van der Waals surface area (Å²) in [7, 11) is 0.